The van der Waals surface area contributed by atoms with E-state index in [4.69, 9.17) is 19.7 Å². The summed E-state index contributed by atoms with van der Waals surface area (Å²) in [4.78, 5) is 37.4. The van der Waals surface area contributed by atoms with Crippen LogP contribution in [0.5, 0.6) is 0 Å². The van der Waals surface area contributed by atoms with Crippen molar-refractivity contribution in [2.75, 3.05) is 42.7 Å². The molecule has 2 amide bonds. The highest BCUT2D eigenvalue weighted by molar-refractivity contribution is 7.99. The predicted octanol–water partition coefficient (Wildman–Crippen LogP) is 2.75. The van der Waals surface area contributed by atoms with Gasteiger partial charge in [0.1, 0.15) is 17.2 Å². The van der Waals surface area contributed by atoms with Crippen LogP contribution in [0.1, 0.15) is 41.5 Å². The van der Waals surface area contributed by atoms with E-state index in [9.17, 15) is 14.4 Å². The number of ether oxygens (including phenoxy) is 2. The van der Waals surface area contributed by atoms with Gasteiger partial charge in [-0.1, -0.05) is 0 Å². The van der Waals surface area contributed by atoms with E-state index in [0.717, 1.165) is 17.3 Å². The highest BCUT2D eigenvalue weighted by Crippen LogP contribution is 2.20. The van der Waals surface area contributed by atoms with Crippen molar-refractivity contribution in [3.63, 3.8) is 0 Å². The Kier molecular flexibility index (Phi) is 10.8. The maximum Gasteiger partial charge on any atom is 0.411 e. The lowest BCUT2D eigenvalue weighted by atomic mass is 10.2. The number of amides is 2. The van der Waals surface area contributed by atoms with Crippen LogP contribution in [0.25, 0.3) is 0 Å². The van der Waals surface area contributed by atoms with E-state index in [-0.39, 0.29) is 18.7 Å². The van der Waals surface area contributed by atoms with Gasteiger partial charge in [-0.05, 0) is 41.5 Å². The molecule has 2 N–H and O–H groups in total. The summed E-state index contributed by atoms with van der Waals surface area (Å²) in [6, 6.07) is -0.868. The molecule has 9 nitrogen and oxygen atoms in total. The van der Waals surface area contributed by atoms with Gasteiger partial charge in [-0.25, -0.2) is 14.4 Å². The van der Waals surface area contributed by atoms with E-state index >= 15 is 0 Å². The summed E-state index contributed by atoms with van der Waals surface area (Å²) in [6.45, 7) is 11.9. The minimum atomic E-state index is -0.974. The van der Waals surface area contributed by atoms with Gasteiger partial charge in [-0.2, -0.15) is 23.5 Å². The van der Waals surface area contributed by atoms with Crippen molar-refractivity contribution < 1.29 is 34.1 Å². The molecule has 0 bridgehead atoms. The van der Waals surface area contributed by atoms with Crippen LogP contribution >= 0.6 is 23.5 Å². The van der Waals surface area contributed by atoms with Crippen LogP contribution in [0.3, 0.4) is 0 Å². The van der Waals surface area contributed by atoms with Crippen molar-refractivity contribution in [2.45, 2.75) is 64.8 Å². The first kappa shape index (κ1) is 27.7. The summed E-state index contributed by atoms with van der Waals surface area (Å²) < 4.78 is 10.4. The number of carboxylic acids is 1. The number of aliphatic carboxylic acids is 1. The molecular weight excluding hydrogens is 444 g/mol. The molecule has 180 valence electrons. The zero-order valence-electron chi connectivity index (χ0n) is 19.3. The quantitative estimate of drug-likeness (QED) is 0.615. The molecule has 0 radical (unpaired) electrons. The lowest BCUT2D eigenvalue weighted by molar-refractivity contribution is -0.142. The monoisotopic (exact) mass is 480 g/mol. The zero-order chi connectivity index (χ0) is 23.8. The van der Waals surface area contributed by atoms with Crippen LogP contribution in [0, 0.1) is 0 Å². The van der Waals surface area contributed by atoms with Crippen molar-refractivity contribution in [1.29, 1.82) is 0 Å². The van der Waals surface area contributed by atoms with E-state index in [1.807, 2.05) is 20.8 Å². The lowest BCUT2D eigenvalue weighted by Crippen LogP contribution is -2.51. The third-order valence-electron chi connectivity index (χ3n) is 4.11. The summed E-state index contributed by atoms with van der Waals surface area (Å²) >= 11 is 3.30. The molecule has 2 saturated heterocycles. The van der Waals surface area contributed by atoms with Crippen LogP contribution in [0.2, 0.25) is 0 Å². The molecule has 2 aliphatic rings. The second-order valence-electron chi connectivity index (χ2n) is 9.19. The third kappa shape index (κ3) is 10.2. The SMILES string of the molecule is CC(C)(C)OC(=O)N1CCSCC1C(=O)O.CC(C)(C)OC(=O)N1CCSCC1CO. The standard InChI is InChI=1S/C10H17NO4S.C10H19NO3S/c1-10(2,3)15-9(14)11-4-5-16-6-7(11)8(12)13;1-10(2,3)14-9(13)11-4-5-15-7-8(11)6-12/h7H,4-6H2,1-3H3,(H,12,13);8,12H,4-7H2,1-3H3. The van der Waals surface area contributed by atoms with E-state index in [1.165, 1.54) is 4.90 Å². The van der Waals surface area contributed by atoms with Gasteiger partial charge in [0.15, 0.2) is 0 Å². The Morgan fingerprint density at radius 1 is 0.871 bits per heavy atom. The van der Waals surface area contributed by atoms with Gasteiger partial charge >= 0.3 is 18.2 Å². The van der Waals surface area contributed by atoms with Crippen molar-refractivity contribution >= 4 is 41.7 Å². The third-order valence-corrected chi connectivity index (χ3v) is 6.22. The first-order valence-electron chi connectivity index (χ1n) is 10.2. The highest BCUT2D eigenvalue weighted by Gasteiger charge is 2.35. The normalized spacial score (nSPS) is 22.2. The number of nitrogens with zero attached hydrogens (tertiary/aromatic N) is 2. The van der Waals surface area contributed by atoms with E-state index in [2.05, 4.69) is 0 Å². The molecule has 0 aromatic heterocycles. The molecule has 2 atom stereocenters. The molecular formula is C20H36N2O7S2. The van der Waals surface area contributed by atoms with Crippen LogP contribution in [-0.2, 0) is 14.3 Å². The predicted molar refractivity (Wildman–Crippen MR) is 123 cm³/mol. The molecule has 2 unspecified atom stereocenters. The van der Waals surface area contributed by atoms with Gasteiger partial charge < -0.3 is 24.6 Å². The fourth-order valence-electron chi connectivity index (χ4n) is 2.71. The van der Waals surface area contributed by atoms with Crippen molar-refractivity contribution in [3.05, 3.63) is 0 Å². The minimum Gasteiger partial charge on any atom is -0.480 e. The van der Waals surface area contributed by atoms with Crippen LogP contribution in [-0.4, -0.2) is 104 Å². The Morgan fingerprint density at radius 2 is 1.32 bits per heavy atom. The number of hydrogen-bond donors (Lipinski definition) is 2. The number of carbonyl (C=O) groups is 3. The summed E-state index contributed by atoms with van der Waals surface area (Å²) in [7, 11) is 0. The Labute approximate surface area is 193 Å². The van der Waals surface area contributed by atoms with E-state index in [0.29, 0.717) is 18.8 Å². The Hall–Kier alpha value is -1.33. The molecule has 2 heterocycles. The Balaban J connectivity index is 0.000000311. The highest BCUT2D eigenvalue weighted by atomic mass is 32.2. The second-order valence-corrected chi connectivity index (χ2v) is 11.5. The van der Waals surface area contributed by atoms with Gasteiger partial charge in [-0.3, -0.25) is 4.90 Å². The van der Waals surface area contributed by atoms with Crippen LogP contribution < -0.4 is 0 Å². The zero-order valence-corrected chi connectivity index (χ0v) is 20.9. The van der Waals surface area contributed by atoms with E-state index in [1.54, 1.807) is 49.2 Å². The molecule has 0 aromatic carbocycles. The Morgan fingerprint density at radius 3 is 1.77 bits per heavy atom. The smallest absolute Gasteiger partial charge is 0.411 e. The summed E-state index contributed by atoms with van der Waals surface area (Å²) in [5, 5.41) is 18.1. The molecule has 2 aliphatic heterocycles. The van der Waals surface area contributed by atoms with Crippen molar-refractivity contribution in [2.24, 2.45) is 0 Å². The number of aliphatic hydroxyl groups excluding tert-OH is 1. The number of aliphatic hydroxyl groups is 1. The lowest BCUT2D eigenvalue weighted by Gasteiger charge is -2.35. The van der Waals surface area contributed by atoms with Gasteiger partial charge in [0.25, 0.3) is 0 Å². The van der Waals surface area contributed by atoms with E-state index < -0.39 is 29.3 Å². The first-order chi connectivity index (χ1) is 14.2. The van der Waals surface area contributed by atoms with Crippen LogP contribution in [0.4, 0.5) is 9.59 Å². The molecule has 0 aliphatic carbocycles. The molecule has 0 aromatic rings. The summed E-state index contributed by atoms with van der Waals surface area (Å²) in [6.07, 6.45) is -0.859. The average molecular weight is 481 g/mol. The van der Waals surface area contributed by atoms with Gasteiger partial charge in [0.05, 0.1) is 12.6 Å². The topological polar surface area (TPSA) is 117 Å². The molecule has 2 rings (SSSR count). The van der Waals surface area contributed by atoms with Gasteiger partial charge in [0.2, 0.25) is 0 Å². The average Bonchev–Trinajstić information content (AvgIpc) is 2.65. The van der Waals surface area contributed by atoms with Crippen LogP contribution in [0.15, 0.2) is 0 Å². The summed E-state index contributed by atoms with van der Waals surface area (Å²) in [5.41, 5.74) is -1.06. The van der Waals surface area contributed by atoms with Gasteiger partial charge in [-0.15, -0.1) is 0 Å². The molecule has 2 fully saturated rings. The fraction of sp³-hybridized carbons (Fsp3) is 0.850. The number of rotatable bonds is 2. The number of thioether (sulfide) groups is 2. The molecule has 0 spiro atoms. The minimum absolute atomic E-state index is 0.00619. The molecule has 0 saturated carbocycles. The Bertz CT molecular complexity index is 620. The maximum absolute atomic E-state index is 11.8. The molecule has 11 heteroatoms. The molecule has 31 heavy (non-hydrogen) atoms. The van der Waals surface area contributed by atoms with Gasteiger partial charge in [0, 0.05) is 36.1 Å². The maximum atomic E-state index is 11.8. The van der Waals surface area contributed by atoms with Crippen molar-refractivity contribution in [3.8, 4) is 0 Å². The fourth-order valence-corrected chi connectivity index (χ4v) is 4.80. The number of carboxylic acid groups (broad SMARTS) is 1. The number of carbonyl (C=O) groups excluding carboxylic acids is 2. The first-order valence-corrected chi connectivity index (χ1v) is 12.5. The second kappa shape index (κ2) is 12.1. The summed E-state index contributed by atoms with van der Waals surface area (Å²) in [5.74, 6) is 1.90. The largest absolute Gasteiger partial charge is 0.480 e. The van der Waals surface area contributed by atoms with Crippen molar-refractivity contribution in [1.82, 2.24) is 9.80 Å². The number of hydrogen-bond acceptors (Lipinski definition) is 8.